The van der Waals surface area contributed by atoms with Crippen LogP contribution in [-0.4, -0.2) is 35.1 Å². The number of carbonyl (C=O) groups is 2. The van der Waals surface area contributed by atoms with Crippen LogP contribution >= 0.6 is 50.9 Å². The van der Waals surface area contributed by atoms with Crippen molar-refractivity contribution in [1.29, 1.82) is 0 Å². The van der Waals surface area contributed by atoms with Crippen LogP contribution in [0.4, 0.5) is 0 Å². The molecule has 0 heterocycles. The maximum atomic E-state index is 13.2. The van der Waals surface area contributed by atoms with Crippen LogP contribution in [0, 0.1) is 0 Å². The van der Waals surface area contributed by atoms with Crippen molar-refractivity contribution < 1.29 is 9.59 Å². The highest BCUT2D eigenvalue weighted by Crippen LogP contribution is 2.24. The summed E-state index contributed by atoms with van der Waals surface area (Å²) in [6, 6.07) is 12.8. The van der Waals surface area contributed by atoms with Gasteiger partial charge < -0.3 is 10.2 Å². The van der Waals surface area contributed by atoms with Gasteiger partial charge in [0.2, 0.25) is 11.8 Å². The van der Waals surface area contributed by atoms with E-state index in [0.717, 1.165) is 27.8 Å². The fourth-order valence-corrected chi connectivity index (χ4v) is 4.50. The number of nitrogens with zero attached hydrogens (tertiary/aromatic N) is 1. The molecule has 31 heavy (non-hydrogen) atoms. The van der Waals surface area contributed by atoms with E-state index in [2.05, 4.69) is 21.2 Å². The van der Waals surface area contributed by atoms with Crippen molar-refractivity contribution in [2.45, 2.75) is 45.0 Å². The number of nitrogens with one attached hydrogen (secondary N) is 1. The van der Waals surface area contributed by atoms with E-state index in [4.69, 9.17) is 23.2 Å². The lowest BCUT2D eigenvalue weighted by Crippen LogP contribution is -2.49. The van der Waals surface area contributed by atoms with Crippen molar-refractivity contribution in [2.24, 2.45) is 0 Å². The Morgan fingerprint density at radius 3 is 2.35 bits per heavy atom. The second-order valence-electron chi connectivity index (χ2n) is 7.10. The molecular formula is C23H27BrCl2N2O2S. The lowest BCUT2D eigenvalue weighted by molar-refractivity contribution is -0.139. The van der Waals surface area contributed by atoms with E-state index in [9.17, 15) is 9.59 Å². The summed E-state index contributed by atoms with van der Waals surface area (Å²) in [6.07, 6.45) is 1.37. The lowest BCUT2D eigenvalue weighted by atomic mass is 10.1. The summed E-state index contributed by atoms with van der Waals surface area (Å²) < 4.78 is 1.02. The zero-order valence-electron chi connectivity index (χ0n) is 17.7. The fourth-order valence-electron chi connectivity index (χ4n) is 3.04. The van der Waals surface area contributed by atoms with Crippen LogP contribution in [-0.2, 0) is 21.9 Å². The third kappa shape index (κ3) is 8.33. The molecule has 0 radical (unpaired) electrons. The third-order valence-corrected chi connectivity index (χ3v) is 6.94. The molecule has 0 spiro atoms. The van der Waals surface area contributed by atoms with Crippen LogP contribution in [0.25, 0.3) is 0 Å². The topological polar surface area (TPSA) is 49.4 Å². The Bertz CT molecular complexity index is 880. The molecule has 2 aromatic rings. The Labute approximate surface area is 207 Å². The van der Waals surface area contributed by atoms with Crippen LogP contribution in [0.3, 0.4) is 0 Å². The van der Waals surface area contributed by atoms with Gasteiger partial charge in [0, 0.05) is 23.3 Å². The van der Waals surface area contributed by atoms with Crippen molar-refractivity contribution in [3.63, 3.8) is 0 Å². The summed E-state index contributed by atoms with van der Waals surface area (Å²) in [5.74, 6) is 0.801. The molecule has 0 unspecified atom stereocenters. The SMILES string of the molecule is CCCNC(=O)[C@H](CC)N(Cc1ccc(Cl)c(Cl)c1)C(=O)CSCc1ccc(Br)cc1. The van der Waals surface area contributed by atoms with Crippen LogP contribution in [0.1, 0.15) is 37.8 Å². The number of halogens is 3. The minimum absolute atomic E-state index is 0.0771. The first-order valence-electron chi connectivity index (χ1n) is 10.2. The molecule has 0 saturated heterocycles. The Morgan fingerprint density at radius 2 is 1.74 bits per heavy atom. The number of hydrogen-bond acceptors (Lipinski definition) is 3. The second kappa shape index (κ2) is 13.4. The monoisotopic (exact) mass is 544 g/mol. The second-order valence-corrected chi connectivity index (χ2v) is 9.82. The molecule has 4 nitrogen and oxygen atoms in total. The Morgan fingerprint density at radius 1 is 1.06 bits per heavy atom. The molecule has 0 aliphatic heterocycles. The highest BCUT2D eigenvalue weighted by atomic mass is 79.9. The van der Waals surface area contributed by atoms with Gasteiger partial charge in [-0.05, 0) is 48.2 Å². The molecule has 0 aromatic heterocycles. The summed E-state index contributed by atoms with van der Waals surface area (Å²) >= 11 is 17.2. The summed E-state index contributed by atoms with van der Waals surface area (Å²) in [5.41, 5.74) is 1.98. The van der Waals surface area contributed by atoms with Crippen LogP contribution in [0.5, 0.6) is 0 Å². The number of amides is 2. The van der Waals surface area contributed by atoms with Gasteiger partial charge in [0.1, 0.15) is 6.04 Å². The summed E-state index contributed by atoms with van der Waals surface area (Å²) in [4.78, 5) is 27.6. The van der Waals surface area contributed by atoms with Gasteiger partial charge in [0.15, 0.2) is 0 Å². The van der Waals surface area contributed by atoms with Gasteiger partial charge in [-0.15, -0.1) is 11.8 Å². The van der Waals surface area contributed by atoms with Gasteiger partial charge in [-0.2, -0.15) is 0 Å². The van der Waals surface area contributed by atoms with Gasteiger partial charge in [-0.1, -0.05) is 71.2 Å². The van der Waals surface area contributed by atoms with Gasteiger partial charge >= 0.3 is 0 Å². The first-order chi connectivity index (χ1) is 14.8. The van der Waals surface area contributed by atoms with E-state index in [0.29, 0.717) is 29.6 Å². The average molecular weight is 546 g/mol. The highest BCUT2D eigenvalue weighted by Gasteiger charge is 2.28. The van der Waals surface area contributed by atoms with E-state index in [-0.39, 0.29) is 17.6 Å². The number of rotatable bonds is 11. The number of thioether (sulfide) groups is 1. The minimum Gasteiger partial charge on any atom is -0.354 e. The maximum Gasteiger partial charge on any atom is 0.242 e. The molecule has 0 fully saturated rings. The highest BCUT2D eigenvalue weighted by molar-refractivity contribution is 9.10. The van der Waals surface area contributed by atoms with Crippen molar-refractivity contribution in [2.75, 3.05) is 12.3 Å². The maximum absolute atomic E-state index is 13.2. The summed E-state index contributed by atoms with van der Waals surface area (Å²) in [6.45, 7) is 4.80. The minimum atomic E-state index is -0.540. The normalized spacial score (nSPS) is 11.8. The third-order valence-electron chi connectivity index (χ3n) is 4.68. The molecule has 1 atom stereocenters. The predicted molar refractivity (Wildman–Crippen MR) is 135 cm³/mol. The van der Waals surface area contributed by atoms with E-state index < -0.39 is 6.04 Å². The smallest absolute Gasteiger partial charge is 0.242 e. The zero-order chi connectivity index (χ0) is 22.8. The molecule has 0 saturated carbocycles. The van der Waals surface area contributed by atoms with Crippen molar-refractivity contribution in [3.8, 4) is 0 Å². The summed E-state index contributed by atoms with van der Waals surface area (Å²) in [7, 11) is 0. The molecule has 8 heteroatoms. The molecule has 2 aromatic carbocycles. The van der Waals surface area contributed by atoms with Gasteiger partial charge in [-0.3, -0.25) is 9.59 Å². The molecule has 0 aliphatic rings. The zero-order valence-corrected chi connectivity index (χ0v) is 21.6. The molecular weight excluding hydrogens is 519 g/mol. The quantitative estimate of drug-likeness (QED) is 0.359. The first kappa shape index (κ1) is 26.0. The Hall–Kier alpha value is -1.21. The lowest BCUT2D eigenvalue weighted by Gasteiger charge is -2.30. The van der Waals surface area contributed by atoms with Crippen molar-refractivity contribution in [3.05, 3.63) is 68.1 Å². The van der Waals surface area contributed by atoms with E-state index in [1.807, 2.05) is 44.2 Å². The van der Waals surface area contributed by atoms with Crippen LogP contribution in [0.15, 0.2) is 46.9 Å². The first-order valence-corrected chi connectivity index (χ1v) is 12.9. The Balaban J connectivity index is 2.13. The van der Waals surface area contributed by atoms with E-state index >= 15 is 0 Å². The molecule has 2 rings (SSSR count). The Kier molecular flexibility index (Phi) is 11.2. The van der Waals surface area contributed by atoms with E-state index in [1.54, 1.807) is 17.0 Å². The average Bonchev–Trinajstić information content (AvgIpc) is 2.75. The molecule has 2 amide bonds. The fraction of sp³-hybridized carbons (Fsp3) is 0.391. The van der Waals surface area contributed by atoms with Crippen LogP contribution in [0.2, 0.25) is 10.0 Å². The predicted octanol–water partition coefficient (Wildman–Crippen LogP) is 6.32. The molecule has 1 N–H and O–H groups in total. The number of carbonyl (C=O) groups excluding carboxylic acids is 2. The van der Waals surface area contributed by atoms with Crippen molar-refractivity contribution >= 4 is 62.7 Å². The standard InChI is InChI=1S/C23H27BrCl2N2O2S/c1-3-11-27-23(30)21(4-2)28(13-17-7-10-19(25)20(26)12-17)22(29)15-31-14-16-5-8-18(24)9-6-16/h5-10,12,21H,3-4,11,13-15H2,1-2H3,(H,27,30)/t21-/m0/s1. The van der Waals surface area contributed by atoms with Crippen molar-refractivity contribution in [1.82, 2.24) is 10.2 Å². The largest absolute Gasteiger partial charge is 0.354 e. The van der Waals surface area contributed by atoms with Gasteiger partial charge in [0.25, 0.3) is 0 Å². The van der Waals surface area contributed by atoms with Crippen LogP contribution < -0.4 is 5.32 Å². The van der Waals surface area contributed by atoms with Gasteiger partial charge in [-0.25, -0.2) is 0 Å². The molecule has 0 aliphatic carbocycles. The molecule has 168 valence electrons. The summed E-state index contributed by atoms with van der Waals surface area (Å²) in [5, 5.41) is 3.81. The molecule has 0 bridgehead atoms. The van der Waals surface area contributed by atoms with Gasteiger partial charge in [0.05, 0.1) is 15.8 Å². The number of benzene rings is 2. The number of hydrogen-bond donors (Lipinski definition) is 1. The van der Waals surface area contributed by atoms with E-state index in [1.165, 1.54) is 11.8 Å².